The molecule has 1 heterocycles. The molecule has 1 aliphatic carbocycles. The molecule has 116 valence electrons. The summed E-state index contributed by atoms with van der Waals surface area (Å²) in [5, 5.41) is 0. The van der Waals surface area contributed by atoms with Gasteiger partial charge in [0.05, 0.1) is 5.56 Å². The summed E-state index contributed by atoms with van der Waals surface area (Å²) in [6.07, 6.45) is 0. The first-order chi connectivity index (χ1) is 11.7. The minimum Gasteiger partial charge on any atom is -0.453 e. The average molecular weight is 317 g/mol. The Hall–Kier alpha value is -3.47. The molecule has 0 saturated heterocycles. The fourth-order valence-corrected chi connectivity index (χ4v) is 2.41. The number of carbonyl (C=O) groups excluding carboxylic acids is 1. The van der Waals surface area contributed by atoms with E-state index < -0.39 is 11.4 Å². The smallest absolute Gasteiger partial charge is 0.343 e. The molecule has 5 heteroatoms. The predicted molar refractivity (Wildman–Crippen MR) is 88.3 cm³/mol. The molecule has 0 saturated carbocycles. The zero-order valence-electron chi connectivity index (χ0n) is 12.4. The van der Waals surface area contributed by atoms with Crippen molar-refractivity contribution < 1.29 is 13.9 Å². The van der Waals surface area contributed by atoms with Crippen molar-refractivity contribution in [3.05, 3.63) is 82.5 Å². The van der Waals surface area contributed by atoms with Gasteiger partial charge in [-0.15, -0.1) is 0 Å². The Balaban J connectivity index is 1.79. The van der Waals surface area contributed by atoms with Crippen molar-refractivity contribution in [2.75, 3.05) is 0 Å². The highest BCUT2D eigenvalue weighted by Gasteiger charge is 2.18. The van der Waals surface area contributed by atoms with Gasteiger partial charge in [0.2, 0.25) is 5.43 Å². The first-order valence-corrected chi connectivity index (χ1v) is 7.32. The van der Waals surface area contributed by atoms with Crippen LogP contribution in [0, 0.1) is 0 Å². The third kappa shape index (κ3) is 2.42. The number of carbonyl (C=O) groups is 1. The van der Waals surface area contributed by atoms with Crippen molar-refractivity contribution >= 4 is 17.1 Å². The lowest BCUT2D eigenvalue weighted by molar-refractivity contribution is 0.0733. The van der Waals surface area contributed by atoms with Crippen molar-refractivity contribution in [1.29, 1.82) is 0 Å². The number of hydrogen-bond acceptors (Lipinski definition) is 5. The molecule has 2 aromatic rings. The second-order valence-electron chi connectivity index (χ2n) is 5.18. The van der Waals surface area contributed by atoms with E-state index in [4.69, 9.17) is 9.15 Å². The lowest BCUT2D eigenvalue weighted by atomic mass is 10.2. The summed E-state index contributed by atoms with van der Waals surface area (Å²) in [6.45, 7) is 0. The Bertz CT molecular complexity index is 1070. The van der Waals surface area contributed by atoms with Crippen LogP contribution in [-0.2, 0) is 0 Å². The number of benzene rings is 3. The molecular formula is C19H11NO4. The van der Waals surface area contributed by atoms with Crippen LogP contribution in [-0.4, -0.2) is 11.0 Å². The van der Waals surface area contributed by atoms with Gasteiger partial charge in [0.15, 0.2) is 22.8 Å². The Morgan fingerprint density at radius 2 is 1.67 bits per heavy atom. The lowest BCUT2D eigenvalue weighted by Gasteiger charge is -2.08. The summed E-state index contributed by atoms with van der Waals surface area (Å²) in [7, 11) is 0. The van der Waals surface area contributed by atoms with Gasteiger partial charge in [0, 0.05) is 0 Å². The molecular weight excluding hydrogens is 306 g/mol. The van der Waals surface area contributed by atoms with Crippen LogP contribution in [0.1, 0.15) is 10.4 Å². The normalized spacial score (nSPS) is 10.8. The van der Waals surface area contributed by atoms with Gasteiger partial charge >= 0.3 is 5.97 Å². The highest BCUT2D eigenvalue weighted by molar-refractivity contribution is 5.91. The Labute approximate surface area is 136 Å². The molecule has 2 aliphatic rings. The summed E-state index contributed by atoms with van der Waals surface area (Å²) in [5.41, 5.74) is 1.17. The summed E-state index contributed by atoms with van der Waals surface area (Å²) in [6, 6.07) is 18.6. The van der Waals surface area contributed by atoms with E-state index in [1.807, 2.05) is 6.07 Å². The molecule has 0 spiro atoms. The monoisotopic (exact) mass is 317 g/mol. The minimum atomic E-state index is -0.593. The maximum atomic E-state index is 12.5. The number of para-hydroxylation sites is 2. The third-order valence-corrected chi connectivity index (χ3v) is 3.59. The van der Waals surface area contributed by atoms with E-state index in [1.54, 1.807) is 54.6 Å². The molecule has 24 heavy (non-hydrogen) atoms. The highest BCUT2D eigenvalue weighted by Crippen LogP contribution is 2.24. The number of rotatable bonds is 2. The largest absolute Gasteiger partial charge is 0.453 e. The molecule has 0 bridgehead atoms. The van der Waals surface area contributed by atoms with Gasteiger partial charge in [-0.3, -0.25) is 4.79 Å². The van der Waals surface area contributed by atoms with Gasteiger partial charge < -0.3 is 9.15 Å². The van der Waals surface area contributed by atoms with Crippen LogP contribution in [0.15, 0.2) is 75.9 Å². The van der Waals surface area contributed by atoms with Crippen LogP contribution in [0.5, 0.6) is 5.75 Å². The van der Waals surface area contributed by atoms with E-state index in [-0.39, 0.29) is 11.4 Å². The summed E-state index contributed by atoms with van der Waals surface area (Å²) < 4.78 is 10.9. The molecule has 0 radical (unpaired) electrons. The maximum Gasteiger partial charge on any atom is 0.343 e. The van der Waals surface area contributed by atoms with E-state index in [2.05, 4.69) is 4.98 Å². The number of nitrogens with zero attached hydrogens (tertiary/aromatic N) is 1. The number of hydrogen-bond donors (Lipinski definition) is 0. The molecule has 0 N–H and O–H groups in total. The number of aromatic nitrogens is 1. The van der Waals surface area contributed by atoms with Crippen LogP contribution in [0.2, 0.25) is 0 Å². The maximum absolute atomic E-state index is 12.5. The fraction of sp³-hybridized carbons (Fsp3) is 0. The standard InChI is InChI=1S/C19H11NO4/c21-18-16(24-19(22)12-6-2-1-3-7-12)11-10-15-17(18)20-13-8-4-5-9-14(13)23-15/h1-11H. The summed E-state index contributed by atoms with van der Waals surface area (Å²) >= 11 is 0. The highest BCUT2D eigenvalue weighted by atomic mass is 16.5. The lowest BCUT2D eigenvalue weighted by Crippen LogP contribution is -2.17. The first-order valence-electron chi connectivity index (χ1n) is 7.32. The first kappa shape index (κ1) is 14.1. The van der Waals surface area contributed by atoms with Crippen molar-refractivity contribution in [2.45, 2.75) is 0 Å². The summed E-state index contributed by atoms with van der Waals surface area (Å²) in [5.74, 6) is -0.322. The van der Waals surface area contributed by atoms with Crippen molar-refractivity contribution in [3.63, 3.8) is 0 Å². The van der Waals surface area contributed by atoms with Crippen LogP contribution < -0.4 is 10.2 Å². The van der Waals surface area contributed by atoms with Gasteiger partial charge in [0.1, 0.15) is 5.52 Å². The van der Waals surface area contributed by atoms with Gasteiger partial charge in [-0.2, -0.15) is 0 Å². The van der Waals surface area contributed by atoms with Crippen molar-refractivity contribution in [1.82, 2.24) is 4.98 Å². The van der Waals surface area contributed by atoms with E-state index >= 15 is 0 Å². The van der Waals surface area contributed by atoms with Crippen LogP contribution in [0.25, 0.3) is 22.6 Å². The van der Waals surface area contributed by atoms with Crippen molar-refractivity contribution in [3.8, 4) is 17.2 Å². The molecule has 4 rings (SSSR count). The van der Waals surface area contributed by atoms with Crippen LogP contribution >= 0.6 is 0 Å². The predicted octanol–water partition coefficient (Wildman–Crippen LogP) is 3.51. The molecule has 0 atom stereocenters. The molecule has 1 aliphatic heterocycles. The topological polar surface area (TPSA) is 69.4 Å². The molecule has 0 amide bonds. The average Bonchev–Trinajstić information content (AvgIpc) is 2.63. The van der Waals surface area contributed by atoms with Gasteiger partial charge in [-0.25, -0.2) is 9.78 Å². The third-order valence-electron chi connectivity index (χ3n) is 3.59. The zero-order chi connectivity index (χ0) is 16.5. The minimum absolute atomic E-state index is 0.0747. The Morgan fingerprint density at radius 1 is 0.917 bits per heavy atom. The van der Waals surface area contributed by atoms with Gasteiger partial charge in [0.25, 0.3) is 0 Å². The Morgan fingerprint density at radius 3 is 2.50 bits per heavy atom. The molecule has 0 fully saturated rings. The van der Waals surface area contributed by atoms with E-state index in [0.29, 0.717) is 22.4 Å². The quantitative estimate of drug-likeness (QED) is 0.321. The molecule has 5 nitrogen and oxygen atoms in total. The zero-order valence-corrected chi connectivity index (χ0v) is 12.4. The van der Waals surface area contributed by atoms with Crippen LogP contribution in [0.4, 0.5) is 0 Å². The van der Waals surface area contributed by atoms with E-state index in [9.17, 15) is 9.59 Å². The molecule has 0 unspecified atom stereocenters. The number of esters is 1. The van der Waals surface area contributed by atoms with Gasteiger partial charge in [-0.1, -0.05) is 30.3 Å². The SMILES string of the molecule is O=C(Oc1ccc2oc3ccccc3nc-2c1=O)c1ccccc1. The van der Waals surface area contributed by atoms with E-state index in [0.717, 1.165) is 0 Å². The van der Waals surface area contributed by atoms with Crippen LogP contribution in [0.3, 0.4) is 0 Å². The van der Waals surface area contributed by atoms with Crippen molar-refractivity contribution in [2.24, 2.45) is 0 Å². The Kier molecular flexibility index (Phi) is 3.31. The molecule has 0 aromatic heterocycles. The number of ether oxygens (including phenoxy) is 1. The number of fused-ring (bicyclic) bond motifs is 2. The second kappa shape index (κ2) is 5.62. The van der Waals surface area contributed by atoms with E-state index in [1.165, 1.54) is 6.07 Å². The second-order valence-corrected chi connectivity index (χ2v) is 5.18. The fourth-order valence-electron chi connectivity index (χ4n) is 2.41. The van der Waals surface area contributed by atoms with Gasteiger partial charge in [-0.05, 0) is 36.4 Å². The molecule has 2 aromatic carbocycles. The summed E-state index contributed by atoms with van der Waals surface area (Å²) in [4.78, 5) is 29.0.